The minimum Gasteiger partial charge on any atom is -0.382 e. The van der Waals surface area contributed by atoms with Gasteiger partial charge in [0.2, 0.25) is 11.8 Å². The summed E-state index contributed by atoms with van der Waals surface area (Å²) in [5.74, 6) is -1.45. The standard InChI is InChI=1S/C36H67N2O14PS/c1-29(2)53(44,54)52-28-27-51-20-16-36(43)38-32(34(41)11-8-19-50-26-23-47-5)14-15-35(42)37-31(33(40)10-7-18-49-25-22-46-4)13-12-30(39)9-6-17-48-24-21-45-3/h29,31-32H,6-28H2,1-5H3,(H,37,42)(H,38,43)(H,44,54). The van der Waals surface area contributed by atoms with Crippen LogP contribution in [0.3, 0.4) is 0 Å². The molecular formula is C36H67N2O14PS. The minimum absolute atomic E-state index is 0.00219. The van der Waals surface area contributed by atoms with Crippen LogP contribution in [0, 0.1) is 0 Å². The van der Waals surface area contributed by atoms with E-state index < -0.39 is 30.4 Å². The summed E-state index contributed by atoms with van der Waals surface area (Å²) >= 11 is 5.08. The number of rotatable bonds is 39. The van der Waals surface area contributed by atoms with Crippen molar-refractivity contribution in [3.05, 3.63) is 0 Å². The number of ether oxygens (including phenoxy) is 7. The van der Waals surface area contributed by atoms with Gasteiger partial charge in [-0.2, -0.15) is 0 Å². The number of carbonyl (C=O) groups is 5. The molecule has 0 aromatic carbocycles. The fraction of sp³-hybridized carbons (Fsp3) is 0.861. The average molecular weight is 815 g/mol. The van der Waals surface area contributed by atoms with Crippen molar-refractivity contribution in [1.29, 1.82) is 0 Å². The summed E-state index contributed by atoms with van der Waals surface area (Å²) in [6.45, 7) is 4.53. The predicted molar refractivity (Wildman–Crippen MR) is 206 cm³/mol. The van der Waals surface area contributed by atoms with Gasteiger partial charge in [-0.05, 0) is 43.9 Å². The van der Waals surface area contributed by atoms with E-state index >= 15 is 0 Å². The Bertz CT molecular complexity index is 1080. The van der Waals surface area contributed by atoms with Gasteiger partial charge in [-0.25, -0.2) is 0 Å². The summed E-state index contributed by atoms with van der Waals surface area (Å²) in [4.78, 5) is 75.1. The van der Waals surface area contributed by atoms with E-state index in [1.54, 1.807) is 35.2 Å². The lowest BCUT2D eigenvalue weighted by molar-refractivity contribution is -0.130. The van der Waals surface area contributed by atoms with E-state index in [0.29, 0.717) is 78.7 Å². The Balaban J connectivity index is 5.28. The first-order valence-electron chi connectivity index (χ1n) is 18.8. The number of ketones is 3. The molecule has 0 spiro atoms. The molecule has 54 heavy (non-hydrogen) atoms. The van der Waals surface area contributed by atoms with Gasteiger partial charge in [0, 0.05) is 85.3 Å². The highest BCUT2D eigenvalue weighted by Crippen LogP contribution is 2.47. The molecule has 0 saturated carbocycles. The van der Waals surface area contributed by atoms with E-state index in [4.69, 9.17) is 49.5 Å². The summed E-state index contributed by atoms with van der Waals surface area (Å²) in [5, 5.41) is 5.48. The zero-order chi connectivity index (χ0) is 40.5. The smallest absolute Gasteiger partial charge is 0.222 e. The monoisotopic (exact) mass is 814 g/mol. The van der Waals surface area contributed by atoms with Crippen molar-refractivity contribution in [1.82, 2.24) is 10.6 Å². The highest BCUT2D eigenvalue weighted by Gasteiger charge is 2.25. The lowest BCUT2D eigenvalue weighted by Crippen LogP contribution is -2.44. The minimum atomic E-state index is -2.90. The highest BCUT2D eigenvalue weighted by atomic mass is 32.5. The van der Waals surface area contributed by atoms with Gasteiger partial charge in [-0.15, -0.1) is 0 Å². The van der Waals surface area contributed by atoms with Crippen LogP contribution in [0.2, 0.25) is 0 Å². The van der Waals surface area contributed by atoms with Gasteiger partial charge in [0.25, 0.3) is 0 Å². The molecule has 0 aliphatic heterocycles. The van der Waals surface area contributed by atoms with Crippen LogP contribution in [-0.4, -0.2) is 152 Å². The molecule has 0 saturated heterocycles. The maximum absolute atomic E-state index is 13.2. The SMILES string of the molecule is COCCOCCCC(=O)CCC(NC(=O)CCC(NC(=O)CCOCCOP(O)(=S)C(C)C)C(=O)CCCOCCOC)C(=O)CCCOCCOC. The Morgan fingerprint density at radius 1 is 0.537 bits per heavy atom. The molecule has 3 atom stereocenters. The van der Waals surface area contributed by atoms with E-state index in [1.807, 2.05) is 0 Å². The lowest BCUT2D eigenvalue weighted by Gasteiger charge is -2.20. The summed E-state index contributed by atoms with van der Waals surface area (Å²) in [6, 6.07) is -1.85. The molecule has 16 nitrogen and oxygen atoms in total. The van der Waals surface area contributed by atoms with Crippen molar-refractivity contribution < 1.29 is 66.5 Å². The molecule has 2 amide bonds. The third-order valence-corrected chi connectivity index (χ3v) is 11.4. The summed E-state index contributed by atoms with van der Waals surface area (Å²) in [7, 11) is 4.71. The Morgan fingerprint density at radius 3 is 1.41 bits per heavy atom. The fourth-order valence-electron chi connectivity index (χ4n) is 4.66. The number of amides is 2. The van der Waals surface area contributed by atoms with Gasteiger partial charge in [-0.3, -0.25) is 24.0 Å². The molecule has 0 radical (unpaired) electrons. The number of nitrogens with one attached hydrogen (secondary N) is 2. The Hall–Kier alpha value is -1.76. The van der Waals surface area contributed by atoms with Crippen LogP contribution < -0.4 is 10.6 Å². The maximum atomic E-state index is 13.2. The van der Waals surface area contributed by atoms with Crippen LogP contribution in [0.1, 0.15) is 84.5 Å². The van der Waals surface area contributed by atoms with Crippen molar-refractivity contribution in [3.63, 3.8) is 0 Å². The van der Waals surface area contributed by atoms with E-state index in [9.17, 15) is 28.9 Å². The molecule has 0 bridgehead atoms. The molecule has 0 heterocycles. The van der Waals surface area contributed by atoms with E-state index in [-0.39, 0.29) is 94.2 Å². The Labute approximate surface area is 326 Å². The average Bonchev–Trinajstić information content (AvgIpc) is 3.13. The lowest BCUT2D eigenvalue weighted by atomic mass is 9.99. The van der Waals surface area contributed by atoms with E-state index in [1.165, 1.54) is 0 Å². The van der Waals surface area contributed by atoms with Crippen LogP contribution in [-0.2, 0) is 73.5 Å². The second-order valence-electron chi connectivity index (χ2n) is 12.8. The van der Waals surface area contributed by atoms with Crippen molar-refractivity contribution in [2.75, 3.05) is 101 Å². The number of hydrogen-bond donors (Lipinski definition) is 3. The van der Waals surface area contributed by atoms with Gasteiger partial charge < -0.3 is 53.2 Å². The number of methoxy groups -OCH3 is 3. The number of hydrogen-bond acceptors (Lipinski definition) is 14. The first-order valence-corrected chi connectivity index (χ1v) is 21.5. The molecule has 316 valence electrons. The highest BCUT2D eigenvalue weighted by molar-refractivity contribution is 8.09. The third-order valence-electron chi connectivity index (χ3n) is 7.91. The second-order valence-corrected chi connectivity index (χ2v) is 16.8. The molecule has 0 fully saturated rings. The van der Waals surface area contributed by atoms with Crippen LogP contribution in [0.5, 0.6) is 0 Å². The van der Waals surface area contributed by atoms with Gasteiger partial charge in [-0.1, -0.05) is 13.8 Å². The molecule has 3 unspecified atom stereocenters. The van der Waals surface area contributed by atoms with Gasteiger partial charge in [0.1, 0.15) is 5.78 Å². The third kappa shape index (κ3) is 29.5. The molecule has 0 aliphatic rings. The van der Waals surface area contributed by atoms with Crippen LogP contribution in [0.15, 0.2) is 0 Å². The fourth-order valence-corrected chi connectivity index (χ4v) is 5.52. The van der Waals surface area contributed by atoms with Gasteiger partial charge >= 0.3 is 0 Å². The largest absolute Gasteiger partial charge is 0.382 e. The van der Waals surface area contributed by atoms with Gasteiger partial charge in [0.15, 0.2) is 18.1 Å². The maximum Gasteiger partial charge on any atom is 0.222 e. The normalized spacial score (nSPS) is 13.7. The summed E-state index contributed by atoms with van der Waals surface area (Å²) < 4.78 is 42.0. The van der Waals surface area contributed by atoms with E-state index in [2.05, 4.69) is 10.6 Å². The number of carbonyl (C=O) groups excluding carboxylic acids is 5. The number of Topliss-reactive ketones (excluding diaryl/α,β-unsaturated/α-hetero) is 3. The quantitative estimate of drug-likeness (QED) is 0.0603. The second kappa shape index (κ2) is 34.5. The van der Waals surface area contributed by atoms with Crippen LogP contribution >= 0.6 is 6.49 Å². The molecule has 0 aromatic heterocycles. The van der Waals surface area contributed by atoms with Crippen molar-refractivity contribution in [3.8, 4) is 0 Å². The molecule has 0 rings (SSSR count). The van der Waals surface area contributed by atoms with Crippen molar-refractivity contribution in [2.24, 2.45) is 0 Å². The van der Waals surface area contributed by atoms with Crippen LogP contribution in [0.25, 0.3) is 0 Å². The molecule has 3 N–H and O–H groups in total. The topological polar surface area (TPSA) is 203 Å². The Morgan fingerprint density at radius 2 is 0.944 bits per heavy atom. The van der Waals surface area contributed by atoms with Crippen molar-refractivity contribution >= 4 is 47.5 Å². The van der Waals surface area contributed by atoms with E-state index in [0.717, 1.165) is 0 Å². The summed E-state index contributed by atoms with van der Waals surface area (Å²) in [5.41, 5.74) is -0.189. The molecule has 18 heteroatoms. The molecule has 0 aliphatic carbocycles. The zero-order valence-electron chi connectivity index (χ0n) is 33.1. The first-order chi connectivity index (χ1) is 25.9. The first kappa shape index (κ1) is 52.2. The predicted octanol–water partition coefficient (Wildman–Crippen LogP) is 2.69. The van der Waals surface area contributed by atoms with Crippen LogP contribution in [0.4, 0.5) is 0 Å². The Kier molecular flexibility index (Phi) is 33.4. The van der Waals surface area contributed by atoms with Gasteiger partial charge in [0.05, 0.1) is 71.5 Å². The molecular weight excluding hydrogens is 747 g/mol. The molecule has 0 aromatic rings. The van der Waals surface area contributed by atoms with Crippen molar-refractivity contribution in [2.45, 2.75) is 102 Å². The zero-order valence-corrected chi connectivity index (χ0v) is 34.8. The summed E-state index contributed by atoms with van der Waals surface area (Å²) in [6.07, 6.45) is 1.97.